The van der Waals surface area contributed by atoms with Gasteiger partial charge in [0.05, 0.1) is 34.9 Å². The Hall–Kier alpha value is -3.01. The van der Waals surface area contributed by atoms with Gasteiger partial charge in [-0.25, -0.2) is 0 Å². The Morgan fingerprint density at radius 1 is 1.45 bits per heavy atom. The molecule has 1 aliphatic rings. The number of phenols is 1. The monoisotopic (exact) mass is 298 g/mol. The molecule has 0 aliphatic carbocycles. The Bertz CT molecular complexity index is 770. The van der Waals surface area contributed by atoms with Crippen molar-refractivity contribution >= 4 is 23.2 Å². The zero-order chi connectivity index (χ0) is 16.3. The van der Waals surface area contributed by atoms with Crippen molar-refractivity contribution in [1.29, 1.82) is 5.26 Å². The van der Waals surface area contributed by atoms with Gasteiger partial charge in [0.1, 0.15) is 11.8 Å². The summed E-state index contributed by atoms with van der Waals surface area (Å²) in [5, 5.41) is 30.3. The Morgan fingerprint density at radius 2 is 2.18 bits per heavy atom. The lowest BCUT2D eigenvalue weighted by atomic mass is 9.97. The number of allylic oxidation sites excluding steroid dienone is 2. The van der Waals surface area contributed by atoms with Gasteiger partial charge in [-0.05, 0) is 31.1 Å². The maximum absolute atomic E-state index is 11.1. The van der Waals surface area contributed by atoms with Crippen LogP contribution in [0.25, 0.3) is 5.57 Å². The molecule has 112 valence electrons. The van der Waals surface area contributed by atoms with Crippen LogP contribution in [-0.2, 0) is 0 Å². The van der Waals surface area contributed by atoms with Crippen LogP contribution in [0, 0.1) is 28.4 Å². The summed E-state index contributed by atoms with van der Waals surface area (Å²) in [6.45, 7) is 4.22. The van der Waals surface area contributed by atoms with Gasteiger partial charge in [0, 0.05) is 12.3 Å². The number of nitro benzene ring substituents is 1. The smallest absolute Gasteiger partial charge is 0.276 e. The summed E-state index contributed by atoms with van der Waals surface area (Å²) in [6, 6.07) is 4.82. The standard InChI is InChI=1S/C15H14N4O3/c1-9(12(7-16)13-8-17-3-4-18-13)11-5-14(19(21)22)10(2)15(20)6-11/h5-6,8,20H,3-4H2,1-2H3/b12-9+. The molecule has 0 aromatic heterocycles. The molecule has 1 aromatic rings. The van der Waals surface area contributed by atoms with E-state index in [1.807, 2.05) is 0 Å². The topological polar surface area (TPSA) is 112 Å². The molecule has 1 N–H and O–H groups in total. The molecule has 1 aliphatic heterocycles. The summed E-state index contributed by atoms with van der Waals surface area (Å²) in [4.78, 5) is 18.8. The van der Waals surface area contributed by atoms with Crippen LogP contribution >= 0.6 is 0 Å². The lowest BCUT2D eigenvalue weighted by Gasteiger charge is -2.10. The number of nitrogens with zero attached hydrogens (tertiary/aromatic N) is 4. The van der Waals surface area contributed by atoms with Crippen molar-refractivity contribution in [2.45, 2.75) is 13.8 Å². The third-order valence-electron chi connectivity index (χ3n) is 3.45. The number of rotatable bonds is 3. The highest BCUT2D eigenvalue weighted by molar-refractivity contribution is 6.41. The van der Waals surface area contributed by atoms with E-state index in [9.17, 15) is 20.5 Å². The van der Waals surface area contributed by atoms with E-state index in [4.69, 9.17) is 0 Å². The van der Waals surface area contributed by atoms with E-state index in [0.717, 1.165) is 0 Å². The number of hydrogen-bond acceptors (Lipinski definition) is 6. The highest BCUT2D eigenvalue weighted by atomic mass is 16.6. The van der Waals surface area contributed by atoms with Gasteiger partial charge in [-0.3, -0.25) is 20.1 Å². The van der Waals surface area contributed by atoms with Crippen molar-refractivity contribution in [2.24, 2.45) is 9.98 Å². The Balaban J connectivity index is 2.61. The number of nitro groups is 1. The quantitative estimate of drug-likeness (QED) is 0.524. The number of phenolic OH excluding ortho intramolecular Hbond substituents is 1. The molecule has 2 rings (SSSR count). The molecule has 0 atom stereocenters. The summed E-state index contributed by atoms with van der Waals surface area (Å²) in [5.41, 5.74) is 1.67. The molecule has 22 heavy (non-hydrogen) atoms. The van der Waals surface area contributed by atoms with Crippen molar-refractivity contribution in [3.8, 4) is 11.8 Å². The van der Waals surface area contributed by atoms with Gasteiger partial charge in [-0.1, -0.05) is 0 Å². The third kappa shape index (κ3) is 2.86. The first kappa shape index (κ1) is 15.4. The maximum Gasteiger partial charge on any atom is 0.276 e. The van der Waals surface area contributed by atoms with Crippen molar-refractivity contribution in [2.75, 3.05) is 13.1 Å². The lowest BCUT2D eigenvalue weighted by Crippen LogP contribution is -2.12. The normalized spacial score (nSPS) is 14.9. The molecule has 0 unspecified atom stereocenters. The first-order valence-corrected chi connectivity index (χ1v) is 6.59. The van der Waals surface area contributed by atoms with E-state index in [0.29, 0.717) is 35.5 Å². The Labute approximate surface area is 127 Å². The van der Waals surface area contributed by atoms with E-state index in [-0.39, 0.29) is 17.0 Å². The molecule has 0 radical (unpaired) electrons. The SMILES string of the molecule is C/C(=C(/C#N)C1=NCCN=C1)c1cc(O)c(C)c([N+](=O)[O-])c1. The van der Waals surface area contributed by atoms with Crippen LogP contribution in [-0.4, -0.2) is 35.0 Å². The highest BCUT2D eigenvalue weighted by Gasteiger charge is 2.19. The first-order chi connectivity index (χ1) is 10.5. The second-order valence-electron chi connectivity index (χ2n) is 4.81. The molecular weight excluding hydrogens is 284 g/mol. The Kier molecular flexibility index (Phi) is 4.32. The molecule has 0 spiro atoms. The lowest BCUT2D eigenvalue weighted by molar-refractivity contribution is -0.385. The molecule has 0 fully saturated rings. The summed E-state index contributed by atoms with van der Waals surface area (Å²) in [5.74, 6) is -0.180. The van der Waals surface area contributed by atoms with E-state index >= 15 is 0 Å². The van der Waals surface area contributed by atoms with Gasteiger partial charge in [0.15, 0.2) is 0 Å². The van der Waals surface area contributed by atoms with Crippen LogP contribution < -0.4 is 0 Å². The van der Waals surface area contributed by atoms with Crippen LogP contribution in [0.4, 0.5) is 5.69 Å². The zero-order valence-electron chi connectivity index (χ0n) is 12.2. The molecule has 0 saturated heterocycles. The van der Waals surface area contributed by atoms with Crippen LogP contribution in [0.5, 0.6) is 5.75 Å². The highest BCUT2D eigenvalue weighted by Crippen LogP contribution is 2.32. The van der Waals surface area contributed by atoms with E-state index in [1.165, 1.54) is 25.3 Å². The zero-order valence-corrected chi connectivity index (χ0v) is 12.2. The van der Waals surface area contributed by atoms with Crippen molar-refractivity contribution in [1.82, 2.24) is 0 Å². The number of nitriles is 1. The summed E-state index contributed by atoms with van der Waals surface area (Å²) < 4.78 is 0. The minimum absolute atomic E-state index is 0.180. The maximum atomic E-state index is 11.1. The fourth-order valence-electron chi connectivity index (χ4n) is 2.13. The Morgan fingerprint density at radius 3 is 2.73 bits per heavy atom. The minimum atomic E-state index is -0.558. The van der Waals surface area contributed by atoms with E-state index in [1.54, 1.807) is 6.92 Å². The summed E-state index contributed by atoms with van der Waals surface area (Å²) in [7, 11) is 0. The number of aromatic hydroxyl groups is 1. The summed E-state index contributed by atoms with van der Waals surface area (Å²) >= 11 is 0. The molecule has 1 heterocycles. The average Bonchev–Trinajstić information content (AvgIpc) is 2.51. The number of hydrogen-bond donors (Lipinski definition) is 1. The molecule has 1 aromatic carbocycles. The average molecular weight is 298 g/mol. The number of benzene rings is 1. The molecule has 0 bridgehead atoms. The van der Waals surface area contributed by atoms with Gasteiger partial charge < -0.3 is 5.11 Å². The fourth-order valence-corrected chi connectivity index (χ4v) is 2.13. The fraction of sp³-hybridized carbons (Fsp3) is 0.267. The molecule has 7 heteroatoms. The van der Waals surface area contributed by atoms with Gasteiger partial charge in [-0.2, -0.15) is 5.26 Å². The molecule has 0 amide bonds. The van der Waals surface area contributed by atoms with Gasteiger partial charge >= 0.3 is 0 Å². The number of aliphatic imine (C=N–C) groups is 2. The van der Waals surface area contributed by atoms with Crippen LogP contribution in [0.2, 0.25) is 0 Å². The van der Waals surface area contributed by atoms with Gasteiger partial charge in [0.2, 0.25) is 0 Å². The summed E-state index contributed by atoms with van der Waals surface area (Å²) in [6.07, 6.45) is 1.52. The van der Waals surface area contributed by atoms with Crippen molar-refractivity contribution in [3.63, 3.8) is 0 Å². The van der Waals surface area contributed by atoms with Crippen LogP contribution in [0.3, 0.4) is 0 Å². The first-order valence-electron chi connectivity index (χ1n) is 6.59. The minimum Gasteiger partial charge on any atom is -0.507 e. The molecule has 7 nitrogen and oxygen atoms in total. The van der Waals surface area contributed by atoms with Gasteiger partial charge in [0.25, 0.3) is 5.69 Å². The second kappa shape index (κ2) is 6.18. The molecular formula is C15H14N4O3. The van der Waals surface area contributed by atoms with Crippen molar-refractivity contribution in [3.05, 3.63) is 38.9 Å². The third-order valence-corrected chi connectivity index (χ3v) is 3.45. The van der Waals surface area contributed by atoms with Crippen LogP contribution in [0.15, 0.2) is 27.7 Å². The van der Waals surface area contributed by atoms with Crippen molar-refractivity contribution < 1.29 is 10.0 Å². The predicted octanol–water partition coefficient (Wildman–Crippen LogP) is 2.43. The van der Waals surface area contributed by atoms with Gasteiger partial charge in [-0.15, -0.1) is 0 Å². The molecule has 0 saturated carbocycles. The van der Waals surface area contributed by atoms with Crippen LogP contribution in [0.1, 0.15) is 18.1 Å². The second-order valence-corrected chi connectivity index (χ2v) is 4.81. The predicted molar refractivity (Wildman–Crippen MR) is 83.4 cm³/mol. The van der Waals surface area contributed by atoms with E-state index in [2.05, 4.69) is 16.1 Å². The van der Waals surface area contributed by atoms with E-state index < -0.39 is 4.92 Å². The largest absolute Gasteiger partial charge is 0.507 e.